The third-order valence-electron chi connectivity index (χ3n) is 4.54. The zero-order valence-electron chi connectivity index (χ0n) is 19.2. The lowest BCUT2D eigenvalue weighted by Gasteiger charge is -2.28. The molecular formula is C25H30ClN2O4+. The van der Waals surface area contributed by atoms with Gasteiger partial charge in [0.25, 0.3) is 6.72 Å². The van der Waals surface area contributed by atoms with Gasteiger partial charge in [0.1, 0.15) is 6.54 Å². The number of carbonyl (C=O) groups is 2. The molecule has 2 aromatic rings. The van der Waals surface area contributed by atoms with Crippen molar-refractivity contribution in [3.8, 4) is 0 Å². The molecule has 170 valence electrons. The van der Waals surface area contributed by atoms with Crippen molar-refractivity contribution in [2.75, 3.05) is 18.6 Å². The van der Waals surface area contributed by atoms with Crippen molar-refractivity contribution in [3.63, 3.8) is 0 Å². The first-order chi connectivity index (χ1) is 15.1. The maximum Gasteiger partial charge on any atom is 0.342 e. The summed E-state index contributed by atoms with van der Waals surface area (Å²) in [5.74, 6) is -0.830. The molecule has 0 saturated heterocycles. The Morgan fingerprint density at radius 3 is 2.38 bits per heavy atom. The molecule has 2 aromatic carbocycles. The van der Waals surface area contributed by atoms with Crippen LogP contribution in [0.4, 0.5) is 5.69 Å². The van der Waals surface area contributed by atoms with Gasteiger partial charge >= 0.3 is 11.7 Å². The maximum absolute atomic E-state index is 13.3. The average Bonchev–Trinajstić information content (AvgIpc) is 2.72. The van der Waals surface area contributed by atoms with Crippen LogP contribution in [0, 0.1) is 0 Å². The molecule has 0 saturated carbocycles. The van der Waals surface area contributed by atoms with E-state index >= 15 is 0 Å². The minimum absolute atomic E-state index is 0.0819. The number of ether oxygens (including phenoxy) is 2. The standard InChI is InChI=1S/C25H30ClN2O4/c1-17(32-25(2,3)4)14-22(29)28(16-23(30)31-6)21-13-12-19(26)15-20(21)24(27-5)18-10-8-7-9-11-18/h7-13,15,17H,5,14,16H2,1-4,6H3/q+1/t17-/m1/s1. The van der Waals surface area contributed by atoms with E-state index < -0.39 is 11.6 Å². The number of rotatable bonds is 8. The molecular weight excluding hydrogens is 428 g/mol. The molecule has 0 heterocycles. The van der Waals surface area contributed by atoms with Gasteiger partial charge in [0.15, 0.2) is 0 Å². The summed E-state index contributed by atoms with van der Waals surface area (Å²) in [5, 5.41) is 0.468. The number of benzene rings is 2. The highest BCUT2D eigenvalue weighted by atomic mass is 35.5. The normalized spacial score (nSPS) is 11.9. The van der Waals surface area contributed by atoms with Crippen molar-refractivity contribution in [2.45, 2.75) is 45.8 Å². The number of esters is 1. The van der Waals surface area contributed by atoms with Crippen LogP contribution in [-0.4, -0.2) is 49.7 Å². The van der Waals surface area contributed by atoms with Crippen molar-refractivity contribution in [1.29, 1.82) is 0 Å². The van der Waals surface area contributed by atoms with Crippen LogP contribution in [0.3, 0.4) is 0 Å². The lowest BCUT2D eigenvalue weighted by atomic mass is 9.99. The van der Waals surface area contributed by atoms with Gasteiger partial charge in [-0.05, 0) is 58.0 Å². The number of nitrogens with zero attached hydrogens (tertiary/aromatic N) is 2. The van der Waals surface area contributed by atoms with Crippen molar-refractivity contribution < 1.29 is 19.1 Å². The molecule has 6 nitrogen and oxygen atoms in total. The van der Waals surface area contributed by atoms with Crippen molar-refractivity contribution in [2.24, 2.45) is 0 Å². The van der Waals surface area contributed by atoms with Gasteiger partial charge in [-0.1, -0.05) is 34.5 Å². The predicted octanol–water partition coefficient (Wildman–Crippen LogP) is 4.04. The highest BCUT2D eigenvalue weighted by molar-refractivity contribution is 6.31. The van der Waals surface area contributed by atoms with Crippen LogP contribution in [-0.2, 0) is 19.1 Å². The second-order valence-electron chi connectivity index (χ2n) is 8.34. The van der Waals surface area contributed by atoms with E-state index in [1.807, 2.05) is 58.0 Å². The molecule has 0 aliphatic heterocycles. The number of methoxy groups -OCH3 is 1. The molecule has 0 unspecified atom stereocenters. The summed E-state index contributed by atoms with van der Waals surface area (Å²) in [6.07, 6.45) is -0.271. The highest BCUT2D eigenvalue weighted by Crippen LogP contribution is 2.28. The second-order valence-corrected chi connectivity index (χ2v) is 8.77. The molecule has 0 radical (unpaired) electrons. The van der Waals surface area contributed by atoms with Gasteiger partial charge in [0.2, 0.25) is 5.91 Å². The van der Waals surface area contributed by atoms with E-state index in [-0.39, 0.29) is 25.0 Å². The van der Waals surface area contributed by atoms with Gasteiger partial charge in [-0.15, -0.1) is 0 Å². The minimum Gasteiger partial charge on any atom is -0.468 e. The van der Waals surface area contributed by atoms with Crippen LogP contribution in [0.1, 0.15) is 45.2 Å². The van der Waals surface area contributed by atoms with Crippen molar-refractivity contribution in [3.05, 3.63) is 64.7 Å². The Hall–Kier alpha value is -2.92. The van der Waals surface area contributed by atoms with E-state index in [1.165, 1.54) is 12.0 Å². The van der Waals surface area contributed by atoms with Crippen molar-refractivity contribution in [1.82, 2.24) is 4.67 Å². The number of anilines is 1. The molecule has 2 rings (SSSR count). The molecule has 32 heavy (non-hydrogen) atoms. The molecule has 0 N–H and O–H groups in total. The van der Waals surface area contributed by atoms with E-state index in [0.717, 1.165) is 5.56 Å². The van der Waals surface area contributed by atoms with Crippen LogP contribution >= 0.6 is 11.6 Å². The van der Waals surface area contributed by atoms with Crippen LogP contribution in [0.5, 0.6) is 0 Å². The molecule has 0 aromatic heterocycles. The summed E-state index contributed by atoms with van der Waals surface area (Å²) in [5.41, 5.74) is 2.02. The topological polar surface area (TPSA) is 69.9 Å². The summed E-state index contributed by atoms with van der Waals surface area (Å²) in [7, 11) is 1.28. The second kappa shape index (κ2) is 11.1. The Labute approximate surface area is 194 Å². The number of carbonyl (C=O) groups excluding carboxylic acids is 2. The summed E-state index contributed by atoms with van der Waals surface area (Å²) < 4.78 is 14.9. The largest absolute Gasteiger partial charge is 0.468 e. The number of hydrogen-bond donors (Lipinski definition) is 0. The lowest BCUT2D eigenvalue weighted by Crippen LogP contribution is -2.40. The monoisotopic (exact) mass is 457 g/mol. The SMILES string of the molecule is C=[N+]=C(c1ccccc1)c1cc(Cl)ccc1N(CC(=O)OC)C(=O)C[C@@H](C)OC(C)(C)C. The zero-order chi connectivity index (χ0) is 23.9. The van der Waals surface area contributed by atoms with Gasteiger partial charge in [0.05, 0.1) is 42.0 Å². The summed E-state index contributed by atoms with van der Waals surface area (Å²) in [6, 6.07) is 14.5. The van der Waals surface area contributed by atoms with E-state index in [4.69, 9.17) is 21.1 Å². The first-order valence-electron chi connectivity index (χ1n) is 10.3. The van der Waals surface area contributed by atoms with E-state index in [9.17, 15) is 9.59 Å². The third kappa shape index (κ3) is 7.06. The molecule has 0 aliphatic rings. The van der Waals surface area contributed by atoms with Crippen LogP contribution in [0.25, 0.3) is 0 Å². The van der Waals surface area contributed by atoms with Gasteiger partial charge in [-0.25, -0.2) is 0 Å². The Morgan fingerprint density at radius 1 is 1.16 bits per heavy atom. The number of halogens is 1. The Kier molecular flexibility index (Phi) is 8.79. The van der Waals surface area contributed by atoms with Crippen molar-refractivity contribution >= 4 is 41.6 Å². The fraction of sp³-hybridized carbons (Fsp3) is 0.360. The fourth-order valence-corrected chi connectivity index (χ4v) is 3.54. The van der Waals surface area contributed by atoms with Gasteiger partial charge in [-0.3, -0.25) is 9.59 Å². The maximum atomic E-state index is 13.3. The molecule has 0 spiro atoms. The molecule has 0 aliphatic carbocycles. The Balaban J connectivity index is 2.53. The fourth-order valence-electron chi connectivity index (χ4n) is 3.36. The van der Waals surface area contributed by atoms with Gasteiger partial charge in [0, 0.05) is 5.02 Å². The van der Waals surface area contributed by atoms with E-state index in [0.29, 0.717) is 22.0 Å². The lowest BCUT2D eigenvalue weighted by molar-refractivity contribution is -0.140. The average molecular weight is 458 g/mol. The van der Waals surface area contributed by atoms with Gasteiger partial charge in [-0.2, -0.15) is 0 Å². The smallest absolute Gasteiger partial charge is 0.342 e. The Morgan fingerprint density at radius 2 is 1.81 bits per heavy atom. The van der Waals surface area contributed by atoms with Gasteiger partial charge < -0.3 is 14.4 Å². The first kappa shape index (κ1) is 25.3. The molecule has 1 amide bonds. The predicted molar refractivity (Wildman–Crippen MR) is 130 cm³/mol. The third-order valence-corrected chi connectivity index (χ3v) is 4.78. The summed E-state index contributed by atoms with van der Waals surface area (Å²) in [4.78, 5) is 26.9. The van der Waals surface area contributed by atoms with E-state index in [2.05, 4.69) is 11.4 Å². The Bertz CT molecular complexity index is 1010. The number of hydrogen-bond acceptors (Lipinski definition) is 4. The quantitative estimate of drug-likeness (QED) is 0.340. The molecule has 0 fully saturated rings. The van der Waals surface area contributed by atoms with Crippen LogP contribution < -0.4 is 9.57 Å². The van der Waals surface area contributed by atoms with E-state index in [1.54, 1.807) is 18.2 Å². The van der Waals surface area contributed by atoms with Crippen LogP contribution in [0.2, 0.25) is 5.02 Å². The molecule has 7 heteroatoms. The highest BCUT2D eigenvalue weighted by Gasteiger charge is 2.29. The molecule has 1 atom stereocenters. The minimum atomic E-state index is -0.545. The summed E-state index contributed by atoms with van der Waals surface area (Å²) in [6.45, 7) is 11.1. The first-order valence-corrected chi connectivity index (χ1v) is 10.7. The number of amides is 1. The summed E-state index contributed by atoms with van der Waals surface area (Å²) >= 11 is 6.29. The van der Waals surface area contributed by atoms with Crippen LogP contribution in [0.15, 0.2) is 48.5 Å². The zero-order valence-corrected chi connectivity index (χ0v) is 20.0. The molecule has 0 bridgehead atoms.